The average molecular weight is 351 g/mol. The van der Waals surface area contributed by atoms with Gasteiger partial charge in [-0.3, -0.25) is 14.3 Å². The Bertz CT molecular complexity index is 1010. The fourth-order valence-corrected chi connectivity index (χ4v) is 3.60. The number of hydrogen-bond donors (Lipinski definition) is 0. The Hall–Kier alpha value is -3.02. The molecule has 0 N–H and O–H groups in total. The first-order chi connectivity index (χ1) is 12.6. The number of aromatic nitrogens is 2. The molecule has 2 heterocycles. The highest BCUT2D eigenvalue weighted by Gasteiger charge is 2.30. The van der Waals surface area contributed by atoms with Crippen LogP contribution in [0.5, 0.6) is 0 Å². The fraction of sp³-hybridized carbons (Fsp3) is 0.250. The molecule has 132 valence electrons. The molecule has 26 heavy (non-hydrogen) atoms. The summed E-state index contributed by atoms with van der Waals surface area (Å²) in [5.41, 5.74) is 1.43. The van der Waals surface area contributed by atoms with Crippen LogP contribution in [-0.4, -0.2) is 27.1 Å². The van der Waals surface area contributed by atoms with Crippen molar-refractivity contribution in [2.75, 3.05) is 6.54 Å². The minimum Gasteiger partial charge on any atom is -0.334 e. The number of likely N-dealkylation sites (tertiary alicyclic amines) is 1. The second-order valence-electron chi connectivity index (χ2n) is 6.48. The lowest BCUT2D eigenvalue weighted by atomic mass is 10.0. The summed E-state index contributed by atoms with van der Waals surface area (Å²) < 4.78 is 14.7. The highest BCUT2D eigenvalue weighted by Crippen LogP contribution is 2.32. The molecule has 1 amide bonds. The van der Waals surface area contributed by atoms with Crippen LogP contribution >= 0.6 is 0 Å². The zero-order chi connectivity index (χ0) is 18.1. The topological polar surface area (TPSA) is 55.2 Å². The Labute approximate surface area is 149 Å². The first-order valence-electron chi connectivity index (χ1n) is 8.63. The van der Waals surface area contributed by atoms with Crippen LogP contribution in [-0.2, 0) is 11.3 Å². The smallest absolute Gasteiger partial charge is 0.244 e. The number of hydrogen-bond acceptors (Lipinski definition) is 3. The van der Waals surface area contributed by atoms with Gasteiger partial charge in [0.1, 0.15) is 12.4 Å². The number of carbonyl (C=O) groups is 1. The normalized spacial score (nSPS) is 17.0. The third-order valence-electron chi connectivity index (χ3n) is 4.87. The van der Waals surface area contributed by atoms with Crippen molar-refractivity contribution in [1.29, 1.82) is 0 Å². The highest BCUT2D eigenvalue weighted by molar-refractivity contribution is 5.82. The molecule has 1 saturated heterocycles. The van der Waals surface area contributed by atoms with E-state index in [-0.39, 0.29) is 29.7 Å². The van der Waals surface area contributed by atoms with E-state index < -0.39 is 0 Å². The summed E-state index contributed by atoms with van der Waals surface area (Å²) in [7, 11) is 0. The predicted molar refractivity (Wildman–Crippen MR) is 96.1 cm³/mol. The van der Waals surface area contributed by atoms with E-state index in [4.69, 9.17) is 0 Å². The maximum absolute atomic E-state index is 13.2. The Kier molecular flexibility index (Phi) is 4.24. The molecule has 0 saturated carbocycles. The van der Waals surface area contributed by atoms with Gasteiger partial charge in [-0.15, -0.1) is 0 Å². The molecule has 0 spiro atoms. The van der Waals surface area contributed by atoms with E-state index in [0.29, 0.717) is 17.4 Å². The molecular formula is C20H18FN3O2. The molecule has 0 bridgehead atoms. The van der Waals surface area contributed by atoms with Gasteiger partial charge in [-0.1, -0.05) is 24.3 Å². The lowest BCUT2D eigenvalue weighted by molar-refractivity contribution is -0.132. The van der Waals surface area contributed by atoms with E-state index in [1.54, 1.807) is 35.0 Å². The number of rotatable bonds is 3. The van der Waals surface area contributed by atoms with Gasteiger partial charge in [0.2, 0.25) is 11.3 Å². The Morgan fingerprint density at radius 3 is 2.73 bits per heavy atom. The molecule has 1 aliphatic heterocycles. The van der Waals surface area contributed by atoms with Crippen LogP contribution in [0, 0.1) is 5.82 Å². The van der Waals surface area contributed by atoms with Crippen molar-refractivity contribution in [2.45, 2.75) is 25.4 Å². The van der Waals surface area contributed by atoms with Crippen LogP contribution in [0.1, 0.15) is 24.4 Å². The maximum Gasteiger partial charge on any atom is 0.244 e. The van der Waals surface area contributed by atoms with Crippen LogP contribution in [0.2, 0.25) is 0 Å². The van der Waals surface area contributed by atoms with Gasteiger partial charge in [-0.25, -0.2) is 4.39 Å². The number of nitrogens with zero attached hydrogens (tertiary/aromatic N) is 3. The summed E-state index contributed by atoms with van der Waals surface area (Å²) in [5.74, 6) is -0.341. The van der Waals surface area contributed by atoms with Crippen LogP contribution in [0.15, 0.2) is 59.5 Å². The number of carbonyl (C=O) groups excluding carboxylic acids is 1. The van der Waals surface area contributed by atoms with Gasteiger partial charge >= 0.3 is 0 Å². The average Bonchev–Trinajstić information content (AvgIpc) is 3.15. The molecule has 3 aromatic rings. The molecule has 5 nitrogen and oxygen atoms in total. The molecular weight excluding hydrogens is 333 g/mol. The Balaban J connectivity index is 1.61. The van der Waals surface area contributed by atoms with Gasteiger partial charge in [0, 0.05) is 11.9 Å². The molecule has 1 atom stereocenters. The highest BCUT2D eigenvalue weighted by atomic mass is 19.1. The summed E-state index contributed by atoms with van der Waals surface area (Å²) in [4.78, 5) is 26.7. The fourth-order valence-electron chi connectivity index (χ4n) is 3.60. The Morgan fingerprint density at radius 2 is 1.92 bits per heavy atom. The molecule has 1 aliphatic rings. The third-order valence-corrected chi connectivity index (χ3v) is 4.87. The van der Waals surface area contributed by atoms with E-state index in [9.17, 15) is 14.0 Å². The summed E-state index contributed by atoms with van der Waals surface area (Å²) in [6, 6.07) is 13.4. The quantitative estimate of drug-likeness (QED) is 0.729. The molecule has 0 radical (unpaired) electrons. The molecule has 0 aliphatic carbocycles. The zero-order valence-electron chi connectivity index (χ0n) is 14.1. The van der Waals surface area contributed by atoms with Crippen molar-refractivity contribution in [1.82, 2.24) is 14.7 Å². The van der Waals surface area contributed by atoms with Gasteiger partial charge < -0.3 is 4.90 Å². The summed E-state index contributed by atoms with van der Waals surface area (Å²) >= 11 is 0. The molecule has 2 aromatic carbocycles. The minimum absolute atomic E-state index is 0.0475. The van der Waals surface area contributed by atoms with E-state index >= 15 is 0 Å². The first kappa shape index (κ1) is 16.4. The Morgan fingerprint density at radius 1 is 1.15 bits per heavy atom. The largest absolute Gasteiger partial charge is 0.334 e. The maximum atomic E-state index is 13.2. The van der Waals surface area contributed by atoms with Crippen LogP contribution < -0.4 is 5.43 Å². The van der Waals surface area contributed by atoms with Crippen LogP contribution in [0.3, 0.4) is 0 Å². The van der Waals surface area contributed by atoms with Gasteiger partial charge in [0.15, 0.2) is 0 Å². The van der Waals surface area contributed by atoms with Crippen molar-refractivity contribution in [3.63, 3.8) is 0 Å². The summed E-state index contributed by atoms with van der Waals surface area (Å²) in [6.07, 6.45) is 3.01. The molecule has 1 unspecified atom stereocenters. The lowest BCUT2D eigenvalue weighted by Crippen LogP contribution is -2.34. The standard InChI is InChI=1S/C20H18FN3O2/c21-15-9-7-14(8-10-15)17-6-3-11-23(17)20(26)13-24-18-5-2-1-4-16(18)19(25)12-22-24/h1-2,4-5,7-10,12,17H,3,6,11,13H2. The number of benzene rings is 2. The number of fused-ring (bicyclic) bond motifs is 1. The number of amides is 1. The number of para-hydroxylation sites is 1. The predicted octanol–water partition coefficient (Wildman–Crippen LogP) is 2.90. The van der Waals surface area contributed by atoms with Crippen molar-refractivity contribution < 1.29 is 9.18 Å². The zero-order valence-corrected chi connectivity index (χ0v) is 14.1. The van der Waals surface area contributed by atoms with Gasteiger partial charge in [-0.05, 0) is 42.7 Å². The minimum atomic E-state index is -0.284. The van der Waals surface area contributed by atoms with E-state index in [0.717, 1.165) is 18.4 Å². The molecule has 1 fully saturated rings. The van der Waals surface area contributed by atoms with Crippen molar-refractivity contribution in [3.8, 4) is 0 Å². The molecule has 6 heteroatoms. The second-order valence-corrected chi connectivity index (χ2v) is 6.48. The van der Waals surface area contributed by atoms with Crippen LogP contribution in [0.4, 0.5) is 4.39 Å². The monoisotopic (exact) mass is 351 g/mol. The number of halogens is 1. The second kappa shape index (κ2) is 6.71. The van der Waals surface area contributed by atoms with Crippen molar-refractivity contribution in [3.05, 3.63) is 76.3 Å². The first-order valence-corrected chi connectivity index (χ1v) is 8.63. The summed E-state index contributed by atoms with van der Waals surface area (Å²) in [6.45, 7) is 0.734. The summed E-state index contributed by atoms with van der Waals surface area (Å²) in [5, 5.41) is 4.68. The van der Waals surface area contributed by atoms with Gasteiger partial charge in [-0.2, -0.15) is 5.10 Å². The van der Waals surface area contributed by atoms with Crippen LogP contribution in [0.25, 0.3) is 10.9 Å². The van der Waals surface area contributed by atoms with E-state index in [2.05, 4.69) is 5.10 Å². The SMILES string of the molecule is O=C(Cn1ncc(=O)c2ccccc21)N1CCCC1c1ccc(F)cc1. The molecule has 4 rings (SSSR count). The van der Waals surface area contributed by atoms with Gasteiger partial charge in [0.25, 0.3) is 0 Å². The molecule has 1 aromatic heterocycles. The van der Waals surface area contributed by atoms with Gasteiger partial charge in [0.05, 0.1) is 17.8 Å². The van der Waals surface area contributed by atoms with Crippen molar-refractivity contribution >= 4 is 16.8 Å². The lowest BCUT2D eigenvalue weighted by Gasteiger charge is -2.25. The van der Waals surface area contributed by atoms with E-state index in [1.165, 1.54) is 18.3 Å². The van der Waals surface area contributed by atoms with Crippen molar-refractivity contribution in [2.24, 2.45) is 0 Å². The third kappa shape index (κ3) is 2.98. The van der Waals surface area contributed by atoms with E-state index in [1.807, 2.05) is 11.0 Å².